The molecule has 1 aliphatic rings. The highest BCUT2D eigenvalue weighted by Crippen LogP contribution is 2.23. The van der Waals surface area contributed by atoms with E-state index in [9.17, 15) is 9.59 Å². The molecule has 7 heteroatoms. The van der Waals surface area contributed by atoms with Crippen LogP contribution in [0.25, 0.3) is 0 Å². The molecule has 24 heavy (non-hydrogen) atoms. The molecule has 130 valence electrons. The van der Waals surface area contributed by atoms with Crippen molar-refractivity contribution >= 4 is 23.6 Å². The van der Waals surface area contributed by atoms with Crippen LogP contribution in [0, 0.1) is 0 Å². The van der Waals surface area contributed by atoms with Crippen LogP contribution < -0.4 is 10.1 Å². The van der Waals surface area contributed by atoms with Crippen molar-refractivity contribution in [2.75, 3.05) is 26.8 Å². The summed E-state index contributed by atoms with van der Waals surface area (Å²) in [6, 6.07) is 4.90. The number of amides is 2. The van der Waals surface area contributed by atoms with Crippen LogP contribution in [0.3, 0.4) is 0 Å². The summed E-state index contributed by atoms with van der Waals surface area (Å²) < 4.78 is 10.2. The summed E-state index contributed by atoms with van der Waals surface area (Å²) >= 11 is 5.96. The van der Waals surface area contributed by atoms with Gasteiger partial charge < -0.3 is 19.7 Å². The highest BCUT2D eigenvalue weighted by atomic mass is 35.5. The summed E-state index contributed by atoms with van der Waals surface area (Å²) in [7, 11) is 1.51. The summed E-state index contributed by atoms with van der Waals surface area (Å²) in [4.78, 5) is 25.8. The fourth-order valence-electron chi connectivity index (χ4n) is 2.55. The van der Waals surface area contributed by atoms with Crippen LogP contribution in [0.1, 0.15) is 23.2 Å². The van der Waals surface area contributed by atoms with E-state index in [1.54, 1.807) is 23.1 Å². The minimum atomic E-state index is -0.351. The second kappa shape index (κ2) is 8.59. The Balaban J connectivity index is 1.90. The summed E-state index contributed by atoms with van der Waals surface area (Å²) in [5.41, 5.74) is 0.401. The Morgan fingerprint density at radius 1 is 1.42 bits per heavy atom. The Bertz CT molecular complexity index is 613. The van der Waals surface area contributed by atoms with Gasteiger partial charge in [-0.15, -0.1) is 0 Å². The maximum Gasteiger partial charge on any atom is 0.410 e. The molecule has 1 aromatic rings. The number of hydrogen-bond donors (Lipinski definition) is 1. The summed E-state index contributed by atoms with van der Waals surface area (Å²) in [5, 5.41) is 3.44. The third-order valence-corrected chi connectivity index (χ3v) is 4.05. The molecule has 1 heterocycles. The van der Waals surface area contributed by atoms with Crippen molar-refractivity contribution in [3.63, 3.8) is 0 Å². The molecule has 0 saturated carbocycles. The second-order valence-electron chi connectivity index (χ2n) is 5.44. The lowest BCUT2D eigenvalue weighted by molar-refractivity contribution is 0.0872. The number of piperidine rings is 1. The predicted octanol–water partition coefficient (Wildman–Crippen LogP) is 2.87. The first-order chi connectivity index (χ1) is 11.5. The monoisotopic (exact) mass is 352 g/mol. The Labute approximate surface area is 146 Å². The van der Waals surface area contributed by atoms with E-state index in [0.717, 1.165) is 0 Å². The van der Waals surface area contributed by atoms with Crippen molar-refractivity contribution in [2.45, 2.75) is 18.9 Å². The van der Waals surface area contributed by atoms with E-state index in [-0.39, 0.29) is 24.6 Å². The number of carbonyl (C=O) groups excluding carboxylic acids is 2. The molecule has 0 atom stereocenters. The maximum absolute atomic E-state index is 12.4. The van der Waals surface area contributed by atoms with Gasteiger partial charge in [-0.05, 0) is 31.0 Å². The molecule has 0 aromatic heterocycles. The van der Waals surface area contributed by atoms with Gasteiger partial charge >= 0.3 is 6.09 Å². The van der Waals surface area contributed by atoms with Gasteiger partial charge in [0, 0.05) is 24.2 Å². The largest absolute Gasteiger partial charge is 0.496 e. The van der Waals surface area contributed by atoms with Gasteiger partial charge in [0.15, 0.2) is 0 Å². The molecule has 1 saturated heterocycles. The fourth-order valence-corrected chi connectivity index (χ4v) is 2.72. The zero-order valence-electron chi connectivity index (χ0n) is 13.6. The number of rotatable bonds is 5. The van der Waals surface area contributed by atoms with Gasteiger partial charge in [0.05, 0.1) is 12.7 Å². The molecule has 0 radical (unpaired) electrons. The zero-order chi connectivity index (χ0) is 17.5. The van der Waals surface area contributed by atoms with Gasteiger partial charge in [-0.25, -0.2) is 4.79 Å². The average molecular weight is 353 g/mol. The molecular weight excluding hydrogens is 332 g/mol. The second-order valence-corrected chi connectivity index (χ2v) is 5.88. The van der Waals surface area contributed by atoms with Crippen LogP contribution in [0.15, 0.2) is 30.9 Å². The summed E-state index contributed by atoms with van der Waals surface area (Å²) in [6.07, 6.45) is 2.51. The predicted molar refractivity (Wildman–Crippen MR) is 91.6 cm³/mol. The molecule has 2 amide bonds. The number of carbonyl (C=O) groups is 2. The van der Waals surface area contributed by atoms with Crippen LogP contribution in [0.5, 0.6) is 5.75 Å². The van der Waals surface area contributed by atoms with E-state index in [0.29, 0.717) is 42.3 Å². The quantitative estimate of drug-likeness (QED) is 0.827. The van der Waals surface area contributed by atoms with Gasteiger partial charge in [-0.3, -0.25) is 4.79 Å². The molecule has 2 rings (SSSR count). The Morgan fingerprint density at radius 2 is 2.12 bits per heavy atom. The number of halogens is 1. The summed E-state index contributed by atoms with van der Waals surface area (Å²) in [5.74, 6) is 0.240. The van der Waals surface area contributed by atoms with Crippen LogP contribution in [-0.2, 0) is 4.74 Å². The van der Waals surface area contributed by atoms with Crippen LogP contribution in [0.4, 0.5) is 4.79 Å². The number of hydrogen-bond acceptors (Lipinski definition) is 4. The van der Waals surface area contributed by atoms with Crippen molar-refractivity contribution in [2.24, 2.45) is 0 Å². The van der Waals surface area contributed by atoms with Gasteiger partial charge in [-0.1, -0.05) is 24.3 Å². The number of methoxy groups -OCH3 is 1. The van der Waals surface area contributed by atoms with Gasteiger partial charge in [0.25, 0.3) is 5.91 Å². The van der Waals surface area contributed by atoms with Crippen molar-refractivity contribution in [1.82, 2.24) is 10.2 Å². The number of nitrogens with zero attached hydrogens (tertiary/aromatic N) is 1. The van der Waals surface area contributed by atoms with Crippen LogP contribution >= 0.6 is 11.6 Å². The van der Waals surface area contributed by atoms with Crippen molar-refractivity contribution in [3.8, 4) is 5.75 Å². The SMILES string of the molecule is C=CCOC(=O)N1CCC(NC(=O)c2cc(Cl)ccc2OC)CC1. The number of nitrogens with one attached hydrogen (secondary N) is 1. The van der Waals surface area contributed by atoms with E-state index >= 15 is 0 Å². The first-order valence-electron chi connectivity index (χ1n) is 7.72. The molecule has 1 fully saturated rings. The molecular formula is C17H21ClN2O4. The average Bonchev–Trinajstić information content (AvgIpc) is 2.60. The highest BCUT2D eigenvalue weighted by molar-refractivity contribution is 6.31. The Morgan fingerprint density at radius 3 is 2.75 bits per heavy atom. The highest BCUT2D eigenvalue weighted by Gasteiger charge is 2.25. The fraction of sp³-hybridized carbons (Fsp3) is 0.412. The summed E-state index contributed by atoms with van der Waals surface area (Å²) in [6.45, 7) is 4.78. The number of benzene rings is 1. The van der Waals surface area contributed by atoms with Crippen molar-refractivity contribution in [3.05, 3.63) is 41.4 Å². The molecule has 0 unspecified atom stereocenters. The lowest BCUT2D eigenvalue weighted by Crippen LogP contribution is -2.46. The smallest absolute Gasteiger partial charge is 0.410 e. The lowest BCUT2D eigenvalue weighted by atomic mass is 10.0. The minimum absolute atomic E-state index is 0.00959. The zero-order valence-corrected chi connectivity index (χ0v) is 14.3. The molecule has 0 spiro atoms. The molecule has 1 aromatic carbocycles. The first kappa shape index (κ1) is 18.1. The first-order valence-corrected chi connectivity index (χ1v) is 8.10. The van der Waals surface area contributed by atoms with E-state index in [1.807, 2.05) is 0 Å². The molecule has 0 aliphatic carbocycles. The Hall–Kier alpha value is -2.21. The third kappa shape index (κ3) is 4.64. The van der Waals surface area contributed by atoms with Crippen LogP contribution in [-0.4, -0.2) is 49.7 Å². The minimum Gasteiger partial charge on any atom is -0.496 e. The number of likely N-dealkylation sites (tertiary alicyclic amines) is 1. The van der Waals surface area contributed by atoms with Crippen molar-refractivity contribution in [1.29, 1.82) is 0 Å². The maximum atomic E-state index is 12.4. The van der Waals surface area contributed by atoms with E-state index < -0.39 is 0 Å². The van der Waals surface area contributed by atoms with E-state index in [4.69, 9.17) is 21.1 Å². The normalized spacial score (nSPS) is 14.8. The molecule has 1 N–H and O–H groups in total. The standard InChI is InChI=1S/C17H21ClN2O4/c1-3-10-24-17(22)20-8-6-13(7-9-20)19-16(21)14-11-12(18)4-5-15(14)23-2/h3-5,11,13H,1,6-10H2,2H3,(H,19,21). The molecule has 0 bridgehead atoms. The third-order valence-electron chi connectivity index (χ3n) is 3.82. The Kier molecular flexibility index (Phi) is 6.49. The van der Waals surface area contributed by atoms with Gasteiger partial charge in [0.2, 0.25) is 0 Å². The molecule has 1 aliphatic heterocycles. The van der Waals surface area contributed by atoms with Gasteiger partial charge in [0.1, 0.15) is 12.4 Å². The van der Waals surface area contributed by atoms with Crippen molar-refractivity contribution < 1.29 is 19.1 Å². The van der Waals surface area contributed by atoms with E-state index in [1.165, 1.54) is 13.2 Å². The lowest BCUT2D eigenvalue weighted by Gasteiger charge is -2.31. The van der Waals surface area contributed by atoms with Crippen LogP contribution in [0.2, 0.25) is 5.02 Å². The van der Waals surface area contributed by atoms with Gasteiger partial charge in [-0.2, -0.15) is 0 Å². The molecule has 6 nitrogen and oxygen atoms in total. The topological polar surface area (TPSA) is 67.9 Å². The van der Waals surface area contributed by atoms with E-state index in [2.05, 4.69) is 11.9 Å². The number of ether oxygens (including phenoxy) is 2.